The molecule has 0 aliphatic carbocycles. The molecule has 0 amide bonds. The molecule has 20 heavy (non-hydrogen) atoms. The predicted octanol–water partition coefficient (Wildman–Crippen LogP) is 2.75. The molecule has 1 aliphatic heterocycles. The third-order valence-electron chi connectivity index (χ3n) is 3.42. The van der Waals surface area contributed by atoms with Gasteiger partial charge in [0.2, 0.25) is 0 Å². The Morgan fingerprint density at radius 3 is 2.50 bits per heavy atom. The SMILES string of the molecule is OCCCOC1CCN(Cc2cc(Cl)nc(Cl)c2)CC1. The summed E-state index contributed by atoms with van der Waals surface area (Å²) in [6.45, 7) is 3.69. The van der Waals surface area contributed by atoms with Crippen LogP contribution in [0.1, 0.15) is 24.8 Å². The summed E-state index contributed by atoms with van der Waals surface area (Å²) in [7, 11) is 0. The number of pyridine rings is 1. The smallest absolute Gasteiger partial charge is 0.131 e. The number of aliphatic hydroxyl groups is 1. The van der Waals surface area contributed by atoms with Crippen LogP contribution in [0.3, 0.4) is 0 Å². The van der Waals surface area contributed by atoms with E-state index in [2.05, 4.69) is 9.88 Å². The first-order valence-electron chi connectivity index (χ1n) is 6.94. The third-order valence-corrected chi connectivity index (χ3v) is 3.81. The monoisotopic (exact) mass is 318 g/mol. The molecule has 0 saturated carbocycles. The minimum atomic E-state index is 0.197. The third kappa shape index (κ3) is 5.19. The second-order valence-electron chi connectivity index (χ2n) is 5.04. The van der Waals surface area contributed by atoms with E-state index in [4.69, 9.17) is 33.0 Å². The summed E-state index contributed by atoms with van der Waals surface area (Å²) in [5.74, 6) is 0. The molecule has 1 aromatic rings. The summed E-state index contributed by atoms with van der Waals surface area (Å²) < 4.78 is 5.72. The van der Waals surface area contributed by atoms with E-state index in [0.29, 0.717) is 29.4 Å². The van der Waals surface area contributed by atoms with Gasteiger partial charge in [0.05, 0.1) is 6.10 Å². The number of likely N-dealkylation sites (tertiary alicyclic amines) is 1. The van der Waals surface area contributed by atoms with Gasteiger partial charge in [-0.2, -0.15) is 0 Å². The topological polar surface area (TPSA) is 45.6 Å². The van der Waals surface area contributed by atoms with Gasteiger partial charge in [-0.3, -0.25) is 4.90 Å². The molecule has 1 saturated heterocycles. The summed E-state index contributed by atoms with van der Waals surface area (Å²) in [5.41, 5.74) is 1.09. The quantitative estimate of drug-likeness (QED) is 0.647. The molecule has 4 nitrogen and oxygen atoms in total. The van der Waals surface area contributed by atoms with Crippen molar-refractivity contribution in [2.24, 2.45) is 0 Å². The fraction of sp³-hybridized carbons (Fsp3) is 0.643. The Bertz CT molecular complexity index is 403. The standard InChI is InChI=1S/C14H20Cl2N2O2/c15-13-8-11(9-14(16)17-13)10-18-4-2-12(3-5-18)20-7-1-6-19/h8-9,12,19H,1-7,10H2. The van der Waals surface area contributed by atoms with Gasteiger partial charge < -0.3 is 9.84 Å². The lowest BCUT2D eigenvalue weighted by Gasteiger charge is -2.31. The second kappa shape index (κ2) is 8.15. The van der Waals surface area contributed by atoms with Gasteiger partial charge in [-0.15, -0.1) is 0 Å². The zero-order valence-electron chi connectivity index (χ0n) is 11.4. The molecular formula is C14H20Cl2N2O2. The Morgan fingerprint density at radius 2 is 1.90 bits per heavy atom. The van der Waals surface area contributed by atoms with Gasteiger partial charge in [-0.25, -0.2) is 4.98 Å². The fourth-order valence-electron chi connectivity index (χ4n) is 2.41. The van der Waals surface area contributed by atoms with Crippen LogP contribution in [0.2, 0.25) is 10.3 Å². The fourth-order valence-corrected chi connectivity index (χ4v) is 2.92. The van der Waals surface area contributed by atoms with Crippen LogP contribution in [0.25, 0.3) is 0 Å². The number of hydrogen-bond acceptors (Lipinski definition) is 4. The second-order valence-corrected chi connectivity index (χ2v) is 5.82. The first-order chi connectivity index (χ1) is 9.67. The molecule has 6 heteroatoms. The number of aliphatic hydroxyl groups excluding tert-OH is 1. The number of ether oxygens (including phenoxy) is 1. The molecule has 1 N–H and O–H groups in total. The van der Waals surface area contributed by atoms with Crippen LogP contribution in [-0.2, 0) is 11.3 Å². The Hall–Kier alpha value is -0.390. The van der Waals surface area contributed by atoms with Crippen LogP contribution in [-0.4, -0.2) is 47.4 Å². The number of halogens is 2. The summed E-state index contributed by atoms with van der Waals surface area (Å²) in [4.78, 5) is 6.32. The molecule has 0 aromatic carbocycles. The average Bonchev–Trinajstić information content (AvgIpc) is 2.40. The van der Waals surface area contributed by atoms with E-state index in [1.165, 1.54) is 0 Å². The van der Waals surface area contributed by atoms with Gasteiger partial charge >= 0.3 is 0 Å². The summed E-state index contributed by atoms with van der Waals surface area (Å²) >= 11 is 11.8. The molecule has 2 heterocycles. The molecule has 2 rings (SSSR count). The largest absolute Gasteiger partial charge is 0.396 e. The normalized spacial score (nSPS) is 17.6. The minimum Gasteiger partial charge on any atom is -0.396 e. The number of piperidine rings is 1. The van der Waals surface area contributed by atoms with E-state index in [1.807, 2.05) is 12.1 Å². The van der Waals surface area contributed by atoms with Gasteiger partial charge in [0.25, 0.3) is 0 Å². The Kier molecular flexibility index (Phi) is 6.52. The van der Waals surface area contributed by atoms with Gasteiger partial charge in [0, 0.05) is 32.8 Å². The summed E-state index contributed by atoms with van der Waals surface area (Å²) in [5, 5.41) is 9.61. The maximum absolute atomic E-state index is 8.73. The number of hydrogen-bond donors (Lipinski definition) is 1. The number of rotatable bonds is 6. The van der Waals surface area contributed by atoms with Crippen LogP contribution in [0.15, 0.2) is 12.1 Å². The molecular weight excluding hydrogens is 299 g/mol. The first-order valence-corrected chi connectivity index (χ1v) is 7.70. The number of nitrogens with zero attached hydrogens (tertiary/aromatic N) is 2. The molecule has 1 aromatic heterocycles. The number of aromatic nitrogens is 1. The lowest BCUT2D eigenvalue weighted by Crippen LogP contribution is -2.36. The van der Waals surface area contributed by atoms with E-state index in [-0.39, 0.29) is 6.61 Å². The molecule has 0 unspecified atom stereocenters. The highest BCUT2D eigenvalue weighted by atomic mass is 35.5. The van der Waals surface area contributed by atoms with Gasteiger partial charge in [0.1, 0.15) is 10.3 Å². The van der Waals surface area contributed by atoms with Gasteiger partial charge in [-0.05, 0) is 37.0 Å². The van der Waals surface area contributed by atoms with Gasteiger partial charge in [-0.1, -0.05) is 23.2 Å². The van der Waals surface area contributed by atoms with Crippen LogP contribution in [0, 0.1) is 0 Å². The van der Waals surface area contributed by atoms with Crippen molar-refractivity contribution in [1.82, 2.24) is 9.88 Å². The van der Waals surface area contributed by atoms with Crippen LogP contribution in [0.4, 0.5) is 0 Å². The lowest BCUT2D eigenvalue weighted by molar-refractivity contribution is 0.000782. The van der Waals surface area contributed by atoms with Crippen molar-refractivity contribution in [3.63, 3.8) is 0 Å². The Balaban J connectivity index is 1.76. The van der Waals surface area contributed by atoms with Crippen molar-refractivity contribution in [2.75, 3.05) is 26.3 Å². The van der Waals surface area contributed by atoms with Gasteiger partial charge in [0.15, 0.2) is 0 Å². The molecule has 0 radical (unpaired) electrons. The van der Waals surface area contributed by atoms with E-state index in [1.54, 1.807) is 0 Å². The van der Waals surface area contributed by atoms with E-state index in [9.17, 15) is 0 Å². The molecule has 1 fully saturated rings. The predicted molar refractivity (Wildman–Crippen MR) is 80.2 cm³/mol. The lowest BCUT2D eigenvalue weighted by atomic mass is 10.1. The van der Waals surface area contributed by atoms with Crippen LogP contribution >= 0.6 is 23.2 Å². The van der Waals surface area contributed by atoms with Crippen LogP contribution < -0.4 is 0 Å². The van der Waals surface area contributed by atoms with Crippen molar-refractivity contribution in [3.8, 4) is 0 Å². The van der Waals surface area contributed by atoms with E-state index < -0.39 is 0 Å². The van der Waals surface area contributed by atoms with E-state index in [0.717, 1.165) is 38.0 Å². The zero-order chi connectivity index (χ0) is 14.4. The maximum atomic E-state index is 8.73. The minimum absolute atomic E-state index is 0.197. The first kappa shape index (κ1) is 16.0. The van der Waals surface area contributed by atoms with Crippen LogP contribution in [0.5, 0.6) is 0 Å². The van der Waals surface area contributed by atoms with Crippen molar-refractivity contribution in [3.05, 3.63) is 28.0 Å². The zero-order valence-corrected chi connectivity index (χ0v) is 12.9. The van der Waals surface area contributed by atoms with Crippen molar-refractivity contribution >= 4 is 23.2 Å². The Morgan fingerprint density at radius 1 is 1.25 bits per heavy atom. The highest BCUT2D eigenvalue weighted by Crippen LogP contribution is 2.19. The Labute approximate surface area is 129 Å². The maximum Gasteiger partial charge on any atom is 0.131 e. The molecule has 0 atom stereocenters. The average molecular weight is 319 g/mol. The highest BCUT2D eigenvalue weighted by molar-refractivity contribution is 6.32. The molecule has 1 aliphatic rings. The molecule has 112 valence electrons. The summed E-state index contributed by atoms with van der Waals surface area (Å²) in [6.07, 6.45) is 3.09. The van der Waals surface area contributed by atoms with E-state index >= 15 is 0 Å². The van der Waals surface area contributed by atoms with Crippen molar-refractivity contribution < 1.29 is 9.84 Å². The van der Waals surface area contributed by atoms with Crippen molar-refractivity contribution in [2.45, 2.75) is 31.9 Å². The molecule has 0 bridgehead atoms. The molecule has 0 spiro atoms. The highest BCUT2D eigenvalue weighted by Gasteiger charge is 2.19. The van der Waals surface area contributed by atoms with Crippen molar-refractivity contribution in [1.29, 1.82) is 0 Å². The summed E-state index contributed by atoms with van der Waals surface area (Å²) in [6, 6.07) is 3.72.